The highest BCUT2D eigenvalue weighted by atomic mass is 16.5. The van der Waals surface area contributed by atoms with E-state index in [-0.39, 0.29) is 6.04 Å². The highest BCUT2D eigenvalue weighted by molar-refractivity contribution is 5.45. The number of hydrogen-bond acceptors (Lipinski definition) is 4. The van der Waals surface area contributed by atoms with E-state index in [2.05, 4.69) is 4.98 Å². The van der Waals surface area contributed by atoms with Gasteiger partial charge in [-0.05, 0) is 56.2 Å². The van der Waals surface area contributed by atoms with Crippen molar-refractivity contribution in [3.8, 4) is 11.5 Å². The second-order valence-electron chi connectivity index (χ2n) is 4.81. The van der Waals surface area contributed by atoms with Gasteiger partial charge in [-0.15, -0.1) is 0 Å². The zero-order chi connectivity index (χ0) is 15.2. The first-order valence-electron chi connectivity index (χ1n) is 7.23. The molecule has 21 heavy (non-hydrogen) atoms. The average Bonchev–Trinajstić information content (AvgIpc) is 2.49. The maximum absolute atomic E-state index is 6.32. The summed E-state index contributed by atoms with van der Waals surface area (Å²) in [6.45, 7) is 7.12. The summed E-state index contributed by atoms with van der Waals surface area (Å²) in [4.78, 5) is 4.35. The van der Waals surface area contributed by atoms with Crippen molar-refractivity contribution in [3.05, 3.63) is 53.3 Å². The van der Waals surface area contributed by atoms with E-state index in [1.54, 1.807) is 6.20 Å². The molecule has 0 aliphatic carbocycles. The third-order valence-corrected chi connectivity index (χ3v) is 3.18. The quantitative estimate of drug-likeness (QED) is 0.885. The number of pyridine rings is 1. The molecule has 0 saturated heterocycles. The van der Waals surface area contributed by atoms with E-state index in [4.69, 9.17) is 15.2 Å². The van der Waals surface area contributed by atoms with Gasteiger partial charge >= 0.3 is 0 Å². The molecule has 1 aromatic carbocycles. The van der Waals surface area contributed by atoms with Gasteiger partial charge in [-0.2, -0.15) is 0 Å². The van der Waals surface area contributed by atoms with E-state index >= 15 is 0 Å². The number of nitrogens with zero attached hydrogens (tertiary/aromatic N) is 1. The van der Waals surface area contributed by atoms with Crippen LogP contribution in [0.2, 0.25) is 0 Å². The molecule has 0 spiro atoms. The van der Waals surface area contributed by atoms with Gasteiger partial charge in [0.05, 0.1) is 24.9 Å². The third-order valence-electron chi connectivity index (χ3n) is 3.18. The van der Waals surface area contributed by atoms with Crippen LogP contribution in [0.4, 0.5) is 0 Å². The van der Waals surface area contributed by atoms with E-state index in [9.17, 15) is 0 Å². The van der Waals surface area contributed by atoms with Crippen LogP contribution in [-0.2, 0) is 0 Å². The average molecular weight is 286 g/mol. The molecule has 1 unspecified atom stereocenters. The number of aryl methyl sites for hydroxylation is 1. The van der Waals surface area contributed by atoms with Crippen LogP contribution in [0.1, 0.15) is 36.7 Å². The van der Waals surface area contributed by atoms with E-state index in [1.807, 2.05) is 51.1 Å². The summed E-state index contributed by atoms with van der Waals surface area (Å²) in [5, 5.41) is 0. The lowest BCUT2D eigenvalue weighted by Crippen LogP contribution is -2.14. The van der Waals surface area contributed by atoms with Gasteiger partial charge < -0.3 is 15.2 Å². The fourth-order valence-corrected chi connectivity index (χ4v) is 2.16. The number of ether oxygens (including phenoxy) is 2. The molecule has 0 bridgehead atoms. The van der Waals surface area contributed by atoms with Crippen LogP contribution >= 0.6 is 0 Å². The van der Waals surface area contributed by atoms with Crippen LogP contribution in [-0.4, -0.2) is 18.2 Å². The van der Waals surface area contributed by atoms with E-state index in [0.29, 0.717) is 13.2 Å². The first-order chi connectivity index (χ1) is 10.2. The maximum atomic E-state index is 6.32. The van der Waals surface area contributed by atoms with Crippen LogP contribution < -0.4 is 15.2 Å². The molecule has 1 atom stereocenters. The molecular weight excluding hydrogens is 264 g/mol. The van der Waals surface area contributed by atoms with Crippen LogP contribution in [0, 0.1) is 6.92 Å². The number of rotatable bonds is 6. The Balaban J connectivity index is 2.32. The van der Waals surface area contributed by atoms with Gasteiger partial charge in [0, 0.05) is 6.20 Å². The normalized spacial score (nSPS) is 12.0. The molecule has 2 N–H and O–H groups in total. The third kappa shape index (κ3) is 3.73. The Hall–Kier alpha value is -2.07. The van der Waals surface area contributed by atoms with Crippen LogP contribution in [0.15, 0.2) is 36.5 Å². The number of benzene rings is 1. The van der Waals surface area contributed by atoms with Crippen molar-refractivity contribution in [2.45, 2.75) is 26.8 Å². The van der Waals surface area contributed by atoms with Crippen molar-refractivity contribution in [2.75, 3.05) is 13.2 Å². The molecule has 0 saturated carbocycles. The zero-order valence-electron chi connectivity index (χ0n) is 12.8. The number of nitrogens with two attached hydrogens (primary N) is 1. The predicted octanol–water partition coefficient (Wildman–Crippen LogP) is 3.24. The Kier molecular flexibility index (Phi) is 5.17. The fourth-order valence-electron chi connectivity index (χ4n) is 2.16. The summed E-state index contributed by atoms with van der Waals surface area (Å²) in [7, 11) is 0. The van der Waals surface area contributed by atoms with Gasteiger partial charge in [-0.3, -0.25) is 4.98 Å². The van der Waals surface area contributed by atoms with Gasteiger partial charge in [-0.25, -0.2) is 0 Å². The van der Waals surface area contributed by atoms with Gasteiger partial charge in [0.25, 0.3) is 0 Å². The Bertz CT molecular complexity index is 599. The standard InChI is InChI=1S/C17H22N2O2/c1-4-20-15-7-6-13(11-16(15)21-5-2)17(18)14-10-12(3)8-9-19-14/h6-11,17H,4-5,18H2,1-3H3. The fraction of sp³-hybridized carbons (Fsp3) is 0.353. The SMILES string of the molecule is CCOc1ccc(C(N)c2cc(C)ccn2)cc1OCC. The van der Waals surface area contributed by atoms with Crippen molar-refractivity contribution in [2.24, 2.45) is 5.73 Å². The second kappa shape index (κ2) is 7.09. The summed E-state index contributed by atoms with van der Waals surface area (Å²) >= 11 is 0. The highest BCUT2D eigenvalue weighted by Gasteiger charge is 2.14. The molecule has 0 fully saturated rings. The maximum Gasteiger partial charge on any atom is 0.161 e. The molecule has 0 radical (unpaired) electrons. The molecule has 4 heteroatoms. The zero-order valence-corrected chi connectivity index (χ0v) is 12.8. The second-order valence-corrected chi connectivity index (χ2v) is 4.81. The Morgan fingerprint density at radius 2 is 1.76 bits per heavy atom. The number of hydrogen-bond donors (Lipinski definition) is 1. The van der Waals surface area contributed by atoms with Crippen LogP contribution in [0.25, 0.3) is 0 Å². The smallest absolute Gasteiger partial charge is 0.161 e. The molecule has 2 aromatic rings. The van der Waals surface area contributed by atoms with Crippen molar-refractivity contribution in [1.82, 2.24) is 4.98 Å². The topological polar surface area (TPSA) is 57.4 Å². The summed E-state index contributed by atoms with van der Waals surface area (Å²) in [6, 6.07) is 9.48. The van der Waals surface area contributed by atoms with E-state index in [1.165, 1.54) is 0 Å². The monoisotopic (exact) mass is 286 g/mol. The Labute approximate surface area is 125 Å². The molecule has 1 aromatic heterocycles. The van der Waals surface area contributed by atoms with Crippen LogP contribution in [0.3, 0.4) is 0 Å². The number of aromatic nitrogens is 1. The molecule has 2 rings (SSSR count). The molecule has 0 aliphatic heterocycles. The Morgan fingerprint density at radius 3 is 2.43 bits per heavy atom. The minimum absolute atomic E-state index is 0.278. The Morgan fingerprint density at radius 1 is 1.05 bits per heavy atom. The minimum Gasteiger partial charge on any atom is -0.490 e. The van der Waals surface area contributed by atoms with E-state index in [0.717, 1.165) is 28.3 Å². The largest absolute Gasteiger partial charge is 0.490 e. The molecule has 112 valence electrons. The molecule has 0 aliphatic rings. The van der Waals surface area contributed by atoms with Gasteiger partial charge in [0.15, 0.2) is 11.5 Å². The van der Waals surface area contributed by atoms with Crippen molar-refractivity contribution >= 4 is 0 Å². The summed E-state index contributed by atoms with van der Waals surface area (Å²) in [5.41, 5.74) is 9.27. The molecular formula is C17H22N2O2. The summed E-state index contributed by atoms with van der Waals surface area (Å²) in [5.74, 6) is 1.47. The van der Waals surface area contributed by atoms with Gasteiger partial charge in [0.1, 0.15) is 0 Å². The first kappa shape index (κ1) is 15.3. The van der Waals surface area contributed by atoms with Crippen molar-refractivity contribution in [1.29, 1.82) is 0 Å². The lowest BCUT2D eigenvalue weighted by molar-refractivity contribution is 0.287. The van der Waals surface area contributed by atoms with Gasteiger partial charge in [-0.1, -0.05) is 6.07 Å². The summed E-state index contributed by atoms with van der Waals surface area (Å²) < 4.78 is 11.2. The minimum atomic E-state index is -0.278. The van der Waals surface area contributed by atoms with Crippen molar-refractivity contribution < 1.29 is 9.47 Å². The van der Waals surface area contributed by atoms with Gasteiger partial charge in [0.2, 0.25) is 0 Å². The molecule has 0 amide bonds. The highest BCUT2D eigenvalue weighted by Crippen LogP contribution is 2.31. The molecule has 4 nitrogen and oxygen atoms in total. The van der Waals surface area contributed by atoms with Crippen LogP contribution in [0.5, 0.6) is 11.5 Å². The first-order valence-corrected chi connectivity index (χ1v) is 7.23. The summed E-state index contributed by atoms with van der Waals surface area (Å²) in [6.07, 6.45) is 1.78. The van der Waals surface area contributed by atoms with Crippen molar-refractivity contribution in [3.63, 3.8) is 0 Å². The predicted molar refractivity (Wildman–Crippen MR) is 83.8 cm³/mol. The van der Waals surface area contributed by atoms with E-state index < -0.39 is 0 Å². The lowest BCUT2D eigenvalue weighted by atomic mass is 10.0. The lowest BCUT2D eigenvalue weighted by Gasteiger charge is -2.16. The molecule has 1 heterocycles.